The Morgan fingerprint density at radius 2 is 1.67 bits per heavy atom. The van der Waals surface area contributed by atoms with Crippen molar-refractivity contribution < 1.29 is 22.5 Å². The summed E-state index contributed by atoms with van der Waals surface area (Å²) in [6.07, 6.45) is -1.98. The monoisotopic (exact) mass is 299 g/mol. The maximum atomic E-state index is 12.4. The molecular weight excluding hydrogens is 282 g/mol. The first-order valence-corrected chi connectivity index (χ1v) is 6.58. The summed E-state index contributed by atoms with van der Waals surface area (Å²) in [5.41, 5.74) is -1.25. The molecule has 0 amide bonds. The van der Waals surface area contributed by atoms with Crippen LogP contribution in [0.15, 0.2) is 24.3 Å². The van der Waals surface area contributed by atoms with Gasteiger partial charge in [-0.3, -0.25) is 4.98 Å². The van der Waals surface area contributed by atoms with Crippen molar-refractivity contribution in [3.05, 3.63) is 35.6 Å². The summed E-state index contributed by atoms with van der Waals surface area (Å²) in [6.45, 7) is 7.71. The van der Waals surface area contributed by atoms with Crippen molar-refractivity contribution in [1.82, 2.24) is 4.98 Å². The van der Waals surface area contributed by atoms with Gasteiger partial charge in [-0.25, -0.2) is 0 Å². The lowest BCUT2D eigenvalue weighted by atomic mass is 9.89. The topological polar surface area (TPSA) is 31.4 Å². The predicted molar refractivity (Wildman–Crippen MR) is 74.4 cm³/mol. The lowest BCUT2D eigenvalue weighted by Gasteiger charge is -2.32. The maximum absolute atomic E-state index is 12.4. The number of aromatic nitrogens is 1. The molecule has 114 valence electrons. The Bertz CT molecular complexity index is 522. The molecule has 3 nitrogen and oxygen atoms in total. The van der Waals surface area contributed by atoms with E-state index >= 15 is 0 Å². The van der Waals surface area contributed by atoms with E-state index in [2.05, 4.69) is 4.98 Å². The summed E-state index contributed by atoms with van der Waals surface area (Å²) < 4.78 is 48.8. The van der Waals surface area contributed by atoms with Gasteiger partial charge in [-0.1, -0.05) is 5.98 Å². The first-order chi connectivity index (χ1) is 9.51. The van der Waals surface area contributed by atoms with Gasteiger partial charge in [0.1, 0.15) is 0 Å². The molecule has 1 aromatic rings. The van der Waals surface area contributed by atoms with Crippen LogP contribution >= 0.6 is 0 Å². The highest BCUT2D eigenvalue weighted by molar-refractivity contribution is 6.52. The van der Waals surface area contributed by atoms with E-state index in [4.69, 9.17) is 9.31 Å². The lowest BCUT2D eigenvalue weighted by molar-refractivity contribution is -0.137. The van der Waals surface area contributed by atoms with E-state index in [1.54, 1.807) is 12.1 Å². The summed E-state index contributed by atoms with van der Waals surface area (Å²) in [7, 11) is -0.543. The third-order valence-electron chi connectivity index (χ3n) is 3.81. The molecule has 0 radical (unpaired) electrons. The minimum Gasteiger partial charge on any atom is -0.400 e. The van der Waals surface area contributed by atoms with Gasteiger partial charge in [0.25, 0.3) is 0 Å². The SMILES string of the molecule is CC1(C)OB(/C=C/c2ccc(C(F)(F)F)cn2)OC1(C)C. The second kappa shape index (κ2) is 5.14. The van der Waals surface area contributed by atoms with Crippen LogP contribution in [0.25, 0.3) is 6.08 Å². The Hall–Kier alpha value is -1.34. The van der Waals surface area contributed by atoms with Gasteiger partial charge in [0.15, 0.2) is 0 Å². The lowest BCUT2D eigenvalue weighted by Crippen LogP contribution is -2.41. The Morgan fingerprint density at radius 3 is 2.10 bits per heavy atom. The van der Waals surface area contributed by atoms with E-state index < -0.39 is 30.1 Å². The van der Waals surface area contributed by atoms with Crippen molar-refractivity contribution in [2.45, 2.75) is 45.1 Å². The Labute approximate surface area is 122 Å². The number of nitrogens with zero attached hydrogens (tertiary/aromatic N) is 1. The van der Waals surface area contributed by atoms with Crippen molar-refractivity contribution in [2.24, 2.45) is 0 Å². The van der Waals surface area contributed by atoms with Gasteiger partial charge >= 0.3 is 13.3 Å². The predicted octanol–water partition coefficient (Wildman–Crippen LogP) is 3.75. The molecule has 1 saturated heterocycles. The van der Waals surface area contributed by atoms with Gasteiger partial charge in [-0.05, 0) is 45.9 Å². The Morgan fingerprint density at radius 1 is 1.10 bits per heavy atom. The molecule has 2 rings (SSSR count). The van der Waals surface area contributed by atoms with E-state index in [1.807, 2.05) is 27.7 Å². The molecule has 0 aromatic carbocycles. The third-order valence-corrected chi connectivity index (χ3v) is 3.81. The van der Waals surface area contributed by atoms with E-state index in [-0.39, 0.29) is 0 Å². The first kappa shape index (κ1) is 16.0. The molecule has 0 atom stereocenters. The van der Waals surface area contributed by atoms with Crippen LogP contribution in [0, 0.1) is 0 Å². The van der Waals surface area contributed by atoms with Crippen LogP contribution in [-0.4, -0.2) is 23.3 Å². The molecule has 1 aliphatic heterocycles. The zero-order chi connectivity index (χ0) is 15.9. The standard InChI is InChI=1S/C14H17BF3NO2/c1-12(2)13(3,4)21-15(20-12)8-7-11-6-5-10(9-19-11)14(16,17)18/h5-9H,1-4H3/b8-7+. The van der Waals surface area contributed by atoms with Crippen molar-refractivity contribution in [2.75, 3.05) is 0 Å². The Balaban J connectivity index is 2.06. The molecule has 1 fully saturated rings. The summed E-state index contributed by atoms with van der Waals surface area (Å²) in [4.78, 5) is 3.76. The fourth-order valence-corrected chi connectivity index (χ4v) is 1.82. The highest BCUT2D eigenvalue weighted by atomic mass is 19.4. The van der Waals surface area contributed by atoms with E-state index in [0.29, 0.717) is 5.69 Å². The summed E-state index contributed by atoms with van der Waals surface area (Å²) in [5, 5.41) is 0. The quantitative estimate of drug-likeness (QED) is 0.779. The number of halogens is 3. The average molecular weight is 299 g/mol. The average Bonchev–Trinajstić information content (AvgIpc) is 2.55. The smallest absolute Gasteiger partial charge is 0.400 e. The van der Waals surface area contributed by atoms with Gasteiger partial charge in [0.2, 0.25) is 0 Å². The van der Waals surface area contributed by atoms with Gasteiger partial charge in [0, 0.05) is 6.20 Å². The number of hydrogen-bond donors (Lipinski definition) is 0. The van der Waals surface area contributed by atoms with Crippen LogP contribution in [0.5, 0.6) is 0 Å². The summed E-state index contributed by atoms with van der Waals surface area (Å²) in [5.74, 6) is 1.64. The van der Waals surface area contributed by atoms with Crippen molar-refractivity contribution in [1.29, 1.82) is 0 Å². The van der Waals surface area contributed by atoms with Crippen molar-refractivity contribution in [3.63, 3.8) is 0 Å². The first-order valence-electron chi connectivity index (χ1n) is 6.58. The normalized spacial score (nSPS) is 21.2. The van der Waals surface area contributed by atoms with E-state index in [0.717, 1.165) is 12.3 Å². The van der Waals surface area contributed by atoms with Crippen LogP contribution in [0.3, 0.4) is 0 Å². The molecule has 1 aliphatic rings. The highest BCUT2D eigenvalue weighted by Gasteiger charge is 2.50. The fourth-order valence-electron chi connectivity index (χ4n) is 1.82. The molecule has 7 heteroatoms. The molecule has 2 heterocycles. The van der Waals surface area contributed by atoms with Crippen molar-refractivity contribution >= 4 is 13.2 Å². The largest absolute Gasteiger partial charge is 0.487 e. The zero-order valence-corrected chi connectivity index (χ0v) is 12.4. The second-order valence-corrected chi connectivity index (χ2v) is 5.95. The highest BCUT2D eigenvalue weighted by Crippen LogP contribution is 2.37. The molecule has 21 heavy (non-hydrogen) atoms. The molecular formula is C14H17BF3NO2. The summed E-state index contributed by atoms with van der Waals surface area (Å²) >= 11 is 0. The summed E-state index contributed by atoms with van der Waals surface area (Å²) in [6, 6.07) is 2.31. The third kappa shape index (κ3) is 3.47. The van der Waals surface area contributed by atoms with Crippen LogP contribution in [0.1, 0.15) is 39.0 Å². The van der Waals surface area contributed by atoms with Crippen LogP contribution < -0.4 is 0 Å². The molecule has 0 saturated carbocycles. The van der Waals surface area contributed by atoms with Gasteiger partial charge in [-0.2, -0.15) is 13.2 Å². The Kier molecular flexibility index (Phi) is 3.93. The maximum Gasteiger partial charge on any atom is 0.487 e. The van der Waals surface area contributed by atoms with Crippen molar-refractivity contribution in [3.8, 4) is 0 Å². The number of hydrogen-bond acceptors (Lipinski definition) is 3. The second-order valence-electron chi connectivity index (χ2n) is 5.95. The molecule has 0 spiro atoms. The van der Waals surface area contributed by atoms with Crippen LogP contribution in [-0.2, 0) is 15.5 Å². The van der Waals surface area contributed by atoms with E-state index in [9.17, 15) is 13.2 Å². The number of pyridine rings is 1. The molecule has 0 aliphatic carbocycles. The molecule has 0 bridgehead atoms. The van der Waals surface area contributed by atoms with Gasteiger partial charge in [-0.15, -0.1) is 0 Å². The number of rotatable bonds is 2. The van der Waals surface area contributed by atoms with Gasteiger partial charge < -0.3 is 9.31 Å². The van der Waals surface area contributed by atoms with E-state index in [1.165, 1.54) is 6.07 Å². The van der Waals surface area contributed by atoms with Crippen LogP contribution in [0.4, 0.5) is 13.2 Å². The zero-order valence-electron chi connectivity index (χ0n) is 12.4. The van der Waals surface area contributed by atoms with Gasteiger partial charge in [0.05, 0.1) is 22.5 Å². The van der Waals surface area contributed by atoms with Crippen LogP contribution in [0.2, 0.25) is 0 Å². The molecule has 1 aromatic heterocycles. The minimum atomic E-state index is -4.37. The molecule has 0 N–H and O–H groups in total. The molecule has 0 unspecified atom stereocenters. The minimum absolute atomic E-state index is 0.415. The number of alkyl halides is 3. The fraction of sp³-hybridized carbons (Fsp3) is 0.500.